The maximum atomic E-state index is 13.0. The third-order valence-electron chi connectivity index (χ3n) is 3.99. The molecule has 0 amide bonds. The number of halogens is 1. The zero-order valence-corrected chi connectivity index (χ0v) is 14.4. The van der Waals surface area contributed by atoms with Crippen LogP contribution in [0.5, 0.6) is 0 Å². The lowest BCUT2D eigenvalue weighted by molar-refractivity contribution is 0.572. The highest BCUT2D eigenvalue weighted by Crippen LogP contribution is 2.40. The molecular formula is C18H17FN4OS. The number of oxazole rings is 1. The predicted molar refractivity (Wildman–Crippen MR) is 93.7 cm³/mol. The predicted octanol–water partition coefficient (Wildman–Crippen LogP) is 4.43. The van der Waals surface area contributed by atoms with Crippen LogP contribution in [0.1, 0.15) is 30.3 Å². The van der Waals surface area contributed by atoms with E-state index in [-0.39, 0.29) is 5.82 Å². The minimum atomic E-state index is -0.279. The molecule has 0 N–H and O–H groups in total. The Balaban J connectivity index is 1.47. The Hall–Kier alpha value is -2.41. The number of rotatable bonds is 7. The van der Waals surface area contributed by atoms with E-state index in [4.69, 9.17) is 4.42 Å². The van der Waals surface area contributed by atoms with Gasteiger partial charge in [0.15, 0.2) is 5.16 Å². The molecule has 128 valence electrons. The standard InChI is InChI=1S/C18H17FN4OS/c1-2-9-23-16(12-3-4-12)21-22-18(23)25-11-15-10-24-17(20-15)13-5-7-14(19)8-6-13/h2,5-8,10,12H,1,3-4,9,11H2. The number of nitrogens with zero attached hydrogens (tertiary/aromatic N) is 4. The Morgan fingerprint density at radius 1 is 1.28 bits per heavy atom. The summed E-state index contributed by atoms with van der Waals surface area (Å²) in [5, 5.41) is 9.52. The van der Waals surface area contributed by atoms with E-state index in [2.05, 4.69) is 26.3 Å². The third-order valence-corrected chi connectivity index (χ3v) is 4.99. The Morgan fingerprint density at radius 3 is 2.80 bits per heavy atom. The van der Waals surface area contributed by atoms with E-state index in [1.54, 1.807) is 30.2 Å². The van der Waals surface area contributed by atoms with Crippen LogP contribution in [0, 0.1) is 5.82 Å². The van der Waals surface area contributed by atoms with E-state index < -0.39 is 0 Å². The van der Waals surface area contributed by atoms with Crippen molar-refractivity contribution in [1.29, 1.82) is 0 Å². The molecule has 1 fully saturated rings. The molecule has 2 aromatic heterocycles. The number of hydrogen-bond donors (Lipinski definition) is 0. The van der Waals surface area contributed by atoms with Gasteiger partial charge in [-0.15, -0.1) is 16.8 Å². The molecule has 0 unspecified atom stereocenters. The van der Waals surface area contributed by atoms with Crippen LogP contribution in [0.15, 0.2) is 52.8 Å². The van der Waals surface area contributed by atoms with Gasteiger partial charge in [-0.25, -0.2) is 9.37 Å². The lowest BCUT2D eigenvalue weighted by Crippen LogP contribution is -2.02. The molecule has 25 heavy (non-hydrogen) atoms. The van der Waals surface area contributed by atoms with E-state index in [0.717, 1.165) is 22.2 Å². The van der Waals surface area contributed by atoms with Gasteiger partial charge >= 0.3 is 0 Å². The highest BCUT2D eigenvalue weighted by Gasteiger charge is 2.30. The molecule has 0 atom stereocenters. The molecule has 7 heteroatoms. The summed E-state index contributed by atoms with van der Waals surface area (Å²) >= 11 is 1.58. The largest absolute Gasteiger partial charge is 0.444 e. The van der Waals surface area contributed by atoms with Gasteiger partial charge < -0.3 is 8.98 Å². The van der Waals surface area contributed by atoms with Crippen molar-refractivity contribution >= 4 is 11.8 Å². The maximum Gasteiger partial charge on any atom is 0.226 e. The van der Waals surface area contributed by atoms with Crippen molar-refractivity contribution in [3.8, 4) is 11.5 Å². The van der Waals surface area contributed by atoms with Crippen LogP contribution in [0.2, 0.25) is 0 Å². The quantitative estimate of drug-likeness (QED) is 0.463. The molecule has 1 aliphatic carbocycles. The van der Waals surface area contributed by atoms with Crippen LogP contribution < -0.4 is 0 Å². The summed E-state index contributed by atoms with van der Waals surface area (Å²) in [6.45, 7) is 4.53. The highest BCUT2D eigenvalue weighted by molar-refractivity contribution is 7.98. The second kappa shape index (κ2) is 6.84. The maximum absolute atomic E-state index is 13.0. The summed E-state index contributed by atoms with van der Waals surface area (Å²) in [5.41, 5.74) is 1.56. The molecular weight excluding hydrogens is 339 g/mol. The van der Waals surface area contributed by atoms with Crippen LogP contribution in [0.25, 0.3) is 11.5 Å². The van der Waals surface area contributed by atoms with Crippen molar-refractivity contribution in [3.05, 3.63) is 60.5 Å². The van der Waals surface area contributed by atoms with Gasteiger partial charge in [0.1, 0.15) is 17.9 Å². The fraction of sp³-hybridized carbons (Fsp3) is 0.278. The normalized spacial score (nSPS) is 14.0. The summed E-state index contributed by atoms with van der Waals surface area (Å²) in [6, 6.07) is 6.09. The number of thioether (sulfide) groups is 1. The first kappa shape index (κ1) is 16.1. The number of hydrogen-bond acceptors (Lipinski definition) is 5. The zero-order valence-electron chi connectivity index (χ0n) is 13.6. The number of benzene rings is 1. The summed E-state index contributed by atoms with van der Waals surface area (Å²) < 4.78 is 20.6. The molecule has 0 bridgehead atoms. The highest BCUT2D eigenvalue weighted by atomic mass is 32.2. The van der Waals surface area contributed by atoms with E-state index in [9.17, 15) is 4.39 Å². The summed E-state index contributed by atoms with van der Waals surface area (Å²) in [7, 11) is 0. The molecule has 0 aliphatic heterocycles. The van der Waals surface area contributed by atoms with Gasteiger partial charge in [-0.05, 0) is 37.1 Å². The number of allylic oxidation sites excluding steroid dienone is 1. The fourth-order valence-corrected chi connectivity index (χ4v) is 3.42. The van der Waals surface area contributed by atoms with Gasteiger partial charge in [-0.3, -0.25) is 0 Å². The molecule has 3 aromatic rings. The SMILES string of the molecule is C=CCn1c(SCc2coc(-c3ccc(F)cc3)n2)nnc1C1CC1. The van der Waals surface area contributed by atoms with Gasteiger partial charge in [0.2, 0.25) is 5.89 Å². The van der Waals surface area contributed by atoms with Crippen molar-refractivity contribution in [2.24, 2.45) is 0 Å². The average Bonchev–Trinajstić information content (AvgIpc) is 3.22. The molecule has 1 saturated carbocycles. The summed E-state index contributed by atoms with van der Waals surface area (Å²) in [5.74, 6) is 2.43. The molecule has 4 rings (SSSR count). The Labute approximate surface area is 149 Å². The smallest absolute Gasteiger partial charge is 0.226 e. The lowest BCUT2D eigenvalue weighted by atomic mass is 10.2. The van der Waals surface area contributed by atoms with Crippen LogP contribution in [0.3, 0.4) is 0 Å². The van der Waals surface area contributed by atoms with Gasteiger partial charge in [0, 0.05) is 23.8 Å². The Bertz CT molecular complexity index is 883. The first-order valence-electron chi connectivity index (χ1n) is 8.11. The summed E-state index contributed by atoms with van der Waals surface area (Å²) in [6.07, 6.45) is 5.86. The van der Waals surface area contributed by atoms with E-state index in [0.29, 0.717) is 24.1 Å². The molecule has 1 aromatic carbocycles. The second-order valence-electron chi connectivity index (χ2n) is 5.95. The first-order valence-corrected chi connectivity index (χ1v) is 9.10. The van der Waals surface area contributed by atoms with E-state index in [1.165, 1.54) is 25.0 Å². The van der Waals surface area contributed by atoms with Gasteiger partial charge in [0.05, 0.1) is 5.69 Å². The third kappa shape index (κ3) is 3.51. The molecule has 0 saturated heterocycles. The van der Waals surface area contributed by atoms with Crippen LogP contribution in [-0.4, -0.2) is 19.7 Å². The van der Waals surface area contributed by atoms with Gasteiger partial charge in [-0.2, -0.15) is 0 Å². The van der Waals surface area contributed by atoms with Gasteiger partial charge in [-0.1, -0.05) is 17.8 Å². The van der Waals surface area contributed by atoms with E-state index >= 15 is 0 Å². The zero-order chi connectivity index (χ0) is 17.2. The number of aromatic nitrogens is 4. The topological polar surface area (TPSA) is 56.7 Å². The molecule has 0 spiro atoms. The van der Waals surface area contributed by atoms with Crippen molar-refractivity contribution in [2.45, 2.75) is 36.2 Å². The first-order chi connectivity index (χ1) is 12.2. The molecule has 2 heterocycles. The molecule has 0 radical (unpaired) electrons. The summed E-state index contributed by atoms with van der Waals surface area (Å²) in [4.78, 5) is 4.47. The minimum Gasteiger partial charge on any atom is -0.444 e. The van der Waals surface area contributed by atoms with Crippen LogP contribution in [-0.2, 0) is 12.3 Å². The van der Waals surface area contributed by atoms with E-state index in [1.807, 2.05) is 6.08 Å². The molecule has 5 nitrogen and oxygen atoms in total. The monoisotopic (exact) mass is 356 g/mol. The average molecular weight is 356 g/mol. The second-order valence-corrected chi connectivity index (χ2v) is 6.90. The van der Waals surface area contributed by atoms with Gasteiger partial charge in [0.25, 0.3) is 0 Å². The Morgan fingerprint density at radius 2 is 2.08 bits per heavy atom. The van der Waals surface area contributed by atoms with Crippen molar-refractivity contribution in [3.63, 3.8) is 0 Å². The Kier molecular flexibility index (Phi) is 4.40. The molecule has 1 aliphatic rings. The van der Waals surface area contributed by atoms with Crippen molar-refractivity contribution in [2.75, 3.05) is 0 Å². The van der Waals surface area contributed by atoms with Crippen molar-refractivity contribution < 1.29 is 8.81 Å². The fourth-order valence-electron chi connectivity index (χ4n) is 2.59. The van der Waals surface area contributed by atoms with Crippen LogP contribution in [0.4, 0.5) is 4.39 Å². The lowest BCUT2D eigenvalue weighted by Gasteiger charge is -2.05. The van der Waals surface area contributed by atoms with Crippen LogP contribution >= 0.6 is 11.8 Å². The van der Waals surface area contributed by atoms with Crippen molar-refractivity contribution in [1.82, 2.24) is 19.7 Å². The minimum absolute atomic E-state index is 0.279.